The Morgan fingerprint density at radius 3 is 2.69 bits per heavy atom. The molecule has 1 aliphatic carbocycles. The fourth-order valence-corrected chi connectivity index (χ4v) is 3.53. The molecule has 1 amide bonds. The molecule has 0 radical (unpaired) electrons. The van der Waals surface area contributed by atoms with Crippen LogP contribution in [-0.4, -0.2) is 54.4 Å². The fraction of sp³-hybridized carbons (Fsp3) is 0.316. The highest BCUT2D eigenvalue weighted by Gasteiger charge is 2.28. The van der Waals surface area contributed by atoms with Gasteiger partial charge in [-0.2, -0.15) is 16.8 Å². The van der Waals surface area contributed by atoms with Gasteiger partial charge in [0.25, 0.3) is 5.91 Å². The molecule has 0 bridgehead atoms. The predicted molar refractivity (Wildman–Crippen MR) is 103 cm³/mol. The number of carbonyl (C=O) groups is 1. The number of fused-ring (bicyclic) bond motifs is 1. The van der Waals surface area contributed by atoms with Gasteiger partial charge in [0, 0.05) is 18.9 Å². The molecule has 7 heteroatoms. The number of amidine groups is 1. The average Bonchev–Trinajstić information content (AvgIpc) is 2.67. The zero-order valence-electron chi connectivity index (χ0n) is 14.6. The Bertz CT molecular complexity index is 799. The third kappa shape index (κ3) is 4.12. The third-order valence-corrected chi connectivity index (χ3v) is 5.06. The van der Waals surface area contributed by atoms with Gasteiger partial charge < -0.3 is 14.6 Å². The number of amides is 1. The van der Waals surface area contributed by atoms with E-state index in [4.69, 9.17) is 9.47 Å². The van der Waals surface area contributed by atoms with Gasteiger partial charge in [-0.15, -0.1) is 0 Å². The molecule has 6 nitrogen and oxygen atoms in total. The lowest BCUT2D eigenvalue weighted by molar-refractivity contribution is -0.114. The fourth-order valence-electron chi connectivity index (χ4n) is 2.69. The molecule has 0 aromatic heterocycles. The largest absolute Gasteiger partial charge is 0.498 e. The van der Waals surface area contributed by atoms with Crippen molar-refractivity contribution >= 4 is 29.2 Å². The topological polar surface area (TPSA) is 80.5 Å². The van der Waals surface area contributed by atoms with Gasteiger partial charge >= 0.3 is 0 Å². The van der Waals surface area contributed by atoms with E-state index < -0.39 is 12.2 Å². The zero-order valence-corrected chi connectivity index (χ0v) is 15.4. The second-order valence-corrected chi connectivity index (χ2v) is 6.79. The molecule has 2 atom stereocenters. The van der Waals surface area contributed by atoms with E-state index in [1.807, 2.05) is 30.3 Å². The molecule has 0 saturated heterocycles. The lowest BCUT2D eigenvalue weighted by Gasteiger charge is -2.22. The zero-order chi connectivity index (χ0) is 18.5. The number of rotatable bonds is 7. The Kier molecular flexibility index (Phi) is 6.03. The standard InChI is InChI=1S/C19H20N2O4S/c1-24-16-8-13-14(9-17(16)25-2)20-18(21-19(13)23)11-26-10-15(22)12-6-4-3-5-7-12/h3-9,15-16,22H,10-11H2,1-2H3. The van der Waals surface area contributed by atoms with Gasteiger partial charge in [0.1, 0.15) is 17.7 Å². The Balaban J connectivity index is 1.65. The van der Waals surface area contributed by atoms with Crippen LogP contribution in [0.5, 0.6) is 0 Å². The van der Waals surface area contributed by atoms with Gasteiger partial charge in [0.15, 0.2) is 0 Å². The molecule has 136 valence electrons. The molecule has 0 spiro atoms. The first-order chi connectivity index (χ1) is 12.6. The maximum absolute atomic E-state index is 12.3. The summed E-state index contributed by atoms with van der Waals surface area (Å²) in [4.78, 5) is 20.8. The first kappa shape index (κ1) is 18.6. The van der Waals surface area contributed by atoms with E-state index >= 15 is 0 Å². The minimum Gasteiger partial charge on any atom is -0.498 e. The van der Waals surface area contributed by atoms with Gasteiger partial charge in [0.05, 0.1) is 30.3 Å². The summed E-state index contributed by atoms with van der Waals surface area (Å²) in [5.41, 5.74) is 1.83. The predicted octanol–water partition coefficient (Wildman–Crippen LogP) is 2.32. The summed E-state index contributed by atoms with van der Waals surface area (Å²) in [5.74, 6) is 1.64. The number of benzene rings is 1. The molecule has 26 heavy (non-hydrogen) atoms. The second-order valence-electron chi connectivity index (χ2n) is 5.76. The van der Waals surface area contributed by atoms with Crippen molar-refractivity contribution in [3.05, 3.63) is 59.4 Å². The molecule has 0 saturated carbocycles. The minimum absolute atomic E-state index is 0.331. The van der Waals surface area contributed by atoms with Crippen molar-refractivity contribution in [3.63, 3.8) is 0 Å². The van der Waals surface area contributed by atoms with Gasteiger partial charge in [-0.3, -0.25) is 4.79 Å². The molecular formula is C19H20N2O4S. The smallest absolute Gasteiger partial charge is 0.280 e. The highest BCUT2D eigenvalue weighted by atomic mass is 32.2. The summed E-state index contributed by atoms with van der Waals surface area (Å²) >= 11 is 1.48. The van der Waals surface area contributed by atoms with Gasteiger partial charge in [-0.05, 0) is 11.6 Å². The van der Waals surface area contributed by atoms with E-state index in [0.29, 0.717) is 34.4 Å². The number of hydrogen-bond acceptors (Lipinski definition) is 6. The van der Waals surface area contributed by atoms with Crippen LogP contribution in [0.2, 0.25) is 0 Å². The van der Waals surface area contributed by atoms with Crippen molar-refractivity contribution in [3.8, 4) is 0 Å². The van der Waals surface area contributed by atoms with Crippen LogP contribution in [-0.2, 0) is 14.3 Å². The number of ether oxygens (including phenoxy) is 2. The Morgan fingerprint density at radius 2 is 2.00 bits per heavy atom. The highest BCUT2D eigenvalue weighted by molar-refractivity contribution is 8.00. The van der Waals surface area contributed by atoms with Crippen molar-refractivity contribution in [1.82, 2.24) is 0 Å². The van der Waals surface area contributed by atoms with Crippen molar-refractivity contribution in [2.45, 2.75) is 12.2 Å². The summed E-state index contributed by atoms with van der Waals surface area (Å²) in [6.45, 7) is 0. The minimum atomic E-state index is -0.568. The SMILES string of the molecule is COC1=CC2=NC(CSCC(O)c3ccccc3)=NC(=O)C2=CC1OC. The number of aliphatic hydroxyl groups excluding tert-OH is 1. The van der Waals surface area contributed by atoms with Gasteiger partial charge in [0.2, 0.25) is 0 Å². The summed E-state index contributed by atoms with van der Waals surface area (Å²) in [6.07, 6.45) is 2.40. The first-order valence-electron chi connectivity index (χ1n) is 8.14. The molecule has 1 N–H and O–H groups in total. The lowest BCUT2D eigenvalue weighted by atomic mass is 9.99. The number of methoxy groups -OCH3 is 2. The number of nitrogens with zero attached hydrogens (tertiary/aromatic N) is 2. The molecule has 2 aliphatic rings. The van der Waals surface area contributed by atoms with E-state index in [2.05, 4.69) is 9.98 Å². The maximum atomic E-state index is 12.3. The molecule has 3 rings (SSSR count). The first-order valence-corrected chi connectivity index (χ1v) is 9.29. The van der Waals surface area contributed by atoms with Crippen LogP contribution < -0.4 is 0 Å². The molecular weight excluding hydrogens is 352 g/mol. The number of aliphatic imine (C=N–C) groups is 2. The van der Waals surface area contributed by atoms with Crippen LogP contribution in [0.1, 0.15) is 11.7 Å². The number of carbonyl (C=O) groups excluding carboxylic acids is 1. The van der Waals surface area contributed by atoms with Crippen LogP contribution in [0.4, 0.5) is 0 Å². The van der Waals surface area contributed by atoms with E-state index in [9.17, 15) is 9.90 Å². The highest BCUT2D eigenvalue weighted by Crippen LogP contribution is 2.24. The van der Waals surface area contributed by atoms with E-state index in [1.54, 1.807) is 26.4 Å². The van der Waals surface area contributed by atoms with Crippen molar-refractivity contribution < 1.29 is 19.4 Å². The molecule has 1 heterocycles. The number of aliphatic hydroxyl groups is 1. The number of allylic oxidation sites excluding steroid dienone is 1. The van der Waals surface area contributed by atoms with Crippen LogP contribution in [0.3, 0.4) is 0 Å². The Hall–Kier alpha value is -2.22. The number of hydrogen-bond donors (Lipinski definition) is 1. The van der Waals surface area contributed by atoms with Crippen molar-refractivity contribution in [1.29, 1.82) is 0 Å². The summed E-state index contributed by atoms with van der Waals surface area (Å²) in [6, 6.07) is 9.46. The van der Waals surface area contributed by atoms with Crippen LogP contribution >= 0.6 is 11.8 Å². The summed E-state index contributed by atoms with van der Waals surface area (Å²) < 4.78 is 10.6. The van der Waals surface area contributed by atoms with E-state index in [-0.39, 0.29) is 5.91 Å². The quantitative estimate of drug-likeness (QED) is 0.794. The summed E-state index contributed by atoms with van der Waals surface area (Å²) in [5, 5.41) is 10.2. The maximum Gasteiger partial charge on any atom is 0.280 e. The monoisotopic (exact) mass is 372 g/mol. The molecule has 0 fully saturated rings. The second kappa shape index (κ2) is 8.44. The van der Waals surface area contributed by atoms with E-state index in [1.165, 1.54) is 11.8 Å². The lowest BCUT2D eigenvalue weighted by Crippen LogP contribution is -2.27. The van der Waals surface area contributed by atoms with Crippen LogP contribution in [0, 0.1) is 0 Å². The van der Waals surface area contributed by atoms with Crippen LogP contribution in [0.15, 0.2) is 63.8 Å². The van der Waals surface area contributed by atoms with Crippen LogP contribution in [0.25, 0.3) is 0 Å². The molecule has 1 aromatic carbocycles. The molecule has 1 aliphatic heterocycles. The van der Waals surface area contributed by atoms with Crippen molar-refractivity contribution in [2.75, 3.05) is 25.7 Å². The molecule has 2 unspecified atom stereocenters. The average molecular weight is 372 g/mol. The van der Waals surface area contributed by atoms with Gasteiger partial charge in [-0.1, -0.05) is 30.3 Å². The molecule has 1 aromatic rings. The Morgan fingerprint density at radius 1 is 1.23 bits per heavy atom. The third-order valence-electron chi connectivity index (χ3n) is 4.04. The van der Waals surface area contributed by atoms with Gasteiger partial charge in [-0.25, -0.2) is 4.99 Å². The number of thioether (sulfide) groups is 1. The summed E-state index contributed by atoms with van der Waals surface area (Å²) in [7, 11) is 3.10. The van der Waals surface area contributed by atoms with Crippen molar-refractivity contribution in [2.24, 2.45) is 9.98 Å². The Labute approximate surface area is 156 Å². The normalized spacial score (nSPS) is 20.4. The van der Waals surface area contributed by atoms with E-state index in [0.717, 1.165) is 5.56 Å².